The van der Waals surface area contributed by atoms with Crippen molar-refractivity contribution in [2.75, 3.05) is 6.61 Å². The minimum absolute atomic E-state index is 0.330. The molecule has 20 heavy (non-hydrogen) atoms. The summed E-state index contributed by atoms with van der Waals surface area (Å²) in [6.07, 6.45) is -0.766. The fourth-order valence-electron chi connectivity index (χ4n) is 2.07. The highest BCUT2D eigenvalue weighted by atomic mass is 16.5. The van der Waals surface area contributed by atoms with Crippen molar-refractivity contribution in [2.45, 2.75) is 40.7 Å². The summed E-state index contributed by atoms with van der Waals surface area (Å²) in [5.41, 5.74) is 6.88. The Balaban J connectivity index is 3.09. The van der Waals surface area contributed by atoms with Crippen molar-refractivity contribution in [3.63, 3.8) is 0 Å². The Hall–Kier alpha value is -1.83. The summed E-state index contributed by atoms with van der Waals surface area (Å²) < 4.78 is 4.89. The Morgan fingerprint density at radius 1 is 1.25 bits per heavy atom. The van der Waals surface area contributed by atoms with E-state index in [1.54, 1.807) is 20.8 Å². The van der Waals surface area contributed by atoms with Crippen molar-refractivity contribution in [1.29, 1.82) is 0 Å². The van der Waals surface area contributed by atoms with E-state index in [2.05, 4.69) is 11.8 Å². The van der Waals surface area contributed by atoms with Crippen LogP contribution in [0.4, 0.5) is 0 Å². The van der Waals surface area contributed by atoms with Gasteiger partial charge in [0.25, 0.3) is 0 Å². The molecule has 0 bridgehead atoms. The van der Waals surface area contributed by atoms with Gasteiger partial charge in [0, 0.05) is 5.57 Å². The lowest BCUT2D eigenvalue weighted by atomic mass is 9.99. The van der Waals surface area contributed by atoms with Gasteiger partial charge in [-0.15, -0.1) is 5.73 Å². The fraction of sp³-hybridized carbons (Fsp3) is 0.412. The molecule has 0 radical (unpaired) electrons. The second-order valence-corrected chi connectivity index (χ2v) is 4.98. The third-order valence-electron chi connectivity index (χ3n) is 2.94. The quantitative estimate of drug-likeness (QED) is 0.520. The molecule has 0 aliphatic carbocycles. The second-order valence-electron chi connectivity index (χ2n) is 4.98. The SMILES string of the molecule is CCOC(=O)C(C)=C=C(C)[C@@H](O)c1cc(C)cc(C)c1. The first-order valence-electron chi connectivity index (χ1n) is 6.72. The van der Waals surface area contributed by atoms with Crippen LogP contribution in [0.1, 0.15) is 43.6 Å². The molecular weight excluding hydrogens is 252 g/mol. The van der Waals surface area contributed by atoms with Crippen molar-refractivity contribution < 1.29 is 14.6 Å². The molecule has 0 aliphatic heterocycles. The first kappa shape index (κ1) is 16.2. The van der Waals surface area contributed by atoms with E-state index in [4.69, 9.17) is 4.74 Å². The summed E-state index contributed by atoms with van der Waals surface area (Å²) in [5.74, 6) is -0.403. The smallest absolute Gasteiger partial charge is 0.341 e. The number of aryl methyl sites for hydroxylation is 2. The van der Waals surface area contributed by atoms with Crippen molar-refractivity contribution >= 4 is 5.97 Å². The first-order chi connectivity index (χ1) is 9.35. The van der Waals surface area contributed by atoms with Crippen molar-refractivity contribution in [1.82, 2.24) is 0 Å². The fourth-order valence-corrected chi connectivity index (χ4v) is 2.07. The van der Waals surface area contributed by atoms with Gasteiger partial charge in [0.1, 0.15) is 6.10 Å². The van der Waals surface area contributed by atoms with Gasteiger partial charge in [0.2, 0.25) is 0 Å². The molecule has 108 valence electrons. The molecule has 0 saturated heterocycles. The van der Waals surface area contributed by atoms with Gasteiger partial charge < -0.3 is 9.84 Å². The predicted octanol–water partition coefficient (Wildman–Crippen LogP) is 3.39. The maximum absolute atomic E-state index is 11.5. The predicted molar refractivity (Wildman–Crippen MR) is 79.4 cm³/mol. The summed E-state index contributed by atoms with van der Waals surface area (Å²) >= 11 is 0. The molecule has 1 aromatic carbocycles. The molecule has 0 unspecified atom stereocenters. The standard InChI is InChI=1S/C17H22O3/c1-6-20-17(19)14(5)10-13(4)16(18)15-8-11(2)7-12(3)9-15/h7-9,16,18H,6H2,1-5H3/t10?,16-/m1/s1. The van der Waals surface area contributed by atoms with Crippen LogP contribution in [0.15, 0.2) is 35.1 Å². The highest BCUT2D eigenvalue weighted by Gasteiger charge is 2.11. The highest BCUT2D eigenvalue weighted by molar-refractivity contribution is 5.87. The van der Waals surface area contributed by atoms with E-state index in [-0.39, 0.29) is 0 Å². The van der Waals surface area contributed by atoms with Crippen molar-refractivity contribution in [2.24, 2.45) is 0 Å². The van der Waals surface area contributed by atoms with Gasteiger partial charge in [-0.2, -0.15) is 0 Å². The molecule has 0 aliphatic rings. The van der Waals surface area contributed by atoms with E-state index in [9.17, 15) is 9.90 Å². The molecule has 0 saturated carbocycles. The van der Waals surface area contributed by atoms with Gasteiger partial charge in [0.15, 0.2) is 0 Å². The zero-order chi connectivity index (χ0) is 15.3. The molecule has 3 nitrogen and oxygen atoms in total. The van der Waals surface area contributed by atoms with Crippen molar-refractivity contribution in [3.05, 3.63) is 51.8 Å². The lowest BCUT2D eigenvalue weighted by Crippen LogP contribution is -2.05. The number of hydrogen-bond donors (Lipinski definition) is 1. The molecule has 1 N–H and O–H groups in total. The van der Waals surface area contributed by atoms with Crippen LogP contribution in [-0.2, 0) is 9.53 Å². The van der Waals surface area contributed by atoms with Crippen LogP contribution in [0.25, 0.3) is 0 Å². The summed E-state index contributed by atoms with van der Waals surface area (Å²) in [4.78, 5) is 11.5. The average molecular weight is 274 g/mol. The minimum Gasteiger partial charge on any atom is -0.462 e. The molecule has 0 spiro atoms. The molecule has 0 heterocycles. The van der Waals surface area contributed by atoms with Crippen LogP contribution in [0, 0.1) is 13.8 Å². The Morgan fingerprint density at radius 2 is 1.80 bits per heavy atom. The Kier molecular flexibility index (Phi) is 5.75. The Bertz CT molecular complexity index is 543. The van der Waals surface area contributed by atoms with E-state index >= 15 is 0 Å². The summed E-state index contributed by atoms with van der Waals surface area (Å²) in [6.45, 7) is 9.45. The molecule has 0 fully saturated rings. The highest BCUT2D eigenvalue weighted by Crippen LogP contribution is 2.23. The number of carbonyl (C=O) groups excluding carboxylic acids is 1. The zero-order valence-electron chi connectivity index (χ0n) is 12.8. The molecular formula is C17H22O3. The van der Waals surface area contributed by atoms with Gasteiger partial charge in [-0.25, -0.2) is 4.79 Å². The molecule has 1 atom stereocenters. The first-order valence-corrected chi connectivity index (χ1v) is 6.72. The number of aliphatic hydroxyl groups is 1. The van der Waals surface area contributed by atoms with Gasteiger partial charge in [-0.05, 0) is 40.2 Å². The molecule has 0 aromatic heterocycles. The van der Waals surface area contributed by atoms with E-state index in [1.165, 1.54) is 0 Å². The van der Waals surface area contributed by atoms with Crippen LogP contribution in [0.2, 0.25) is 0 Å². The van der Waals surface area contributed by atoms with Crippen LogP contribution >= 0.6 is 0 Å². The number of esters is 1. The lowest BCUT2D eigenvalue weighted by Gasteiger charge is -2.12. The number of aliphatic hydroxyl groups excluding tert-OH is 1. The second kappa shape index (κ2) is 7.09. The Labute approximate surface area is 120 Å². The molecule has 3 heteroatoms. The summed E-state index contributed by atoms with van der Waals surface area (Å²) in [7, 11) is 0. The number of rotatable bonds is 4. The monoisotopic (exact) mass is 274 g/mol. The number of hydrogen-bond acceptors (Lipinski definition) is 3. The third kappa shape index (κ3) is 4.37. The lowest BCUT2D eigenvalue weighted by molar-refractivity contribution is -0.138. The van der Waals surface area contributed by atoms with E-state index in [0.29, 0.717) is 17.8 Å². The van der Waals surface area contributed by atoms with Gasteiger partial charge in [-0.1, -0.05) is 29.3 Å². The topological polar surface area (TPSA) is 46.5 Å². The number of ether oxygens (including phenoxy) is 1. The summed E-state index contributed by atoms with van der Waals surface area (Å²) in [5, 5.41) is 10.3. The van der Waals surface area contributed by atoms with Crippen LogP contribution in [0.5, 0.6) is 0 Å². The third-order valence-corrected chi connectivity index (χ3v) is 2.94. The van der Waals surface area contributed by atoms with Crippen LogP contribution < -0.4 is 0 Å². The molecule has 0 amide bonds. The number of benzene rings is 1. The average Bonchev–Trinajstić information content (AvgIpc) is 2.36. The zero-order valence-corrected chi connectivity index (χ0v) is 12.8. The molecule has 1 rings (SSSR count). The van der Waals surface area contributed by atoms with E-state index < -0.39 is 12.1 Å². The minimum atomic E-state index is -0.766. The Morgan fingerprint density at radius 3 is 2.30 bits per heavy atom. The van der Waals surface area contributed by atoms with Gasteiger partial charge in [0.05, 0.1) is 12.2 Å². The maximum atomic E-state index is 11.5. The van der Waals surface area contributed by atoms with E-state index in [0.717, 1.165) is 16.7 Å². The van der Waals surface area contributed by atoms with Gasteiger partial charge in [-0.3, -0.25) is 0 Å². The molecule has 1 aromatic rings. The van der Waals surface area contributed by atoms with Crippen LogP contribution in [0.3, 0.4) is 0 Å². The normalized spacial score (nSPS) is 11.5. The maximum Gasteiger partial charge on any atom is 0.341 e. The largest absolute Gasteiger partial charge is 0.462 e. The van der Waals surface area contributed by atoms with Crippen LogP contribution in [-0.4, -0.2) is 17.7 Å². The van der Waals surface area contributed by atoms with Crippen molar-refractivity contribution in [3.8, 4) is 0 Å². The van der Waals surface area contributed by atoms with Gasteiger partial charge >= 0.3 is 5.97 Å². The van der Waals surface area contributed by atoms with E-state index in [1.807, 2.05) is 26.0 Å². The summed E-state index contributed by atoms with van der Waals surface area (Å²) in [6, 6.07) is 5.92. The number of carbonyl (C=O) groups is 1.